The molecule has 6 aromatic rings. The summed E-state index contributed by atoms with van der Waals surface area (Å²) in [4.78, 5) is 0. The smallest absolute Gasteiger partial charge is 0.147 e. The molecule has 0 aromatic heterocycles. The lowest BCUT2D eigenvalue weighted by Gasteiger charge is -2.17. The highest BCUT2D eigenvalue weighted by atomic mass is 79.9. The normalized spacial score (nSPS) is 11.1. The number of hydrogen-bond donors (Lipinski definition) is 2. The molecule has 0 aliphatic rings. The van der Waals surface area contributed by atoms with Crippen molar-refractivity contribution in [2.45, 2.75) is 39.3 Å². The van der Waals surface area contributed by atoms with E-state index in [0.29, 0.717) is 11.1 Å². The zero-order valence-corrected chi connectivity index (χ0v) is 33.3. The lowest BCUT2D eigenvalue weighted by atomic mass is 10.0. The molecule has 2 nitrogen and oxygen atoms in total. The second-order valence-corrected chi connectivity index (χ2v) is 25.2. The Labute approximate surface area is 309 Å². The fraction of sp³-hybridized carbons (Fsp3) is 0.143. The molecule has 0 aliphatic carbocycles. The highest BCUT2D eigenvalue weighted by Crippen LogP contribution is 2.30. The fourth-order valence-electron chi connectivity index (χ4n) is 5.04. The topological polar surface area (TPSA) is 38.0 Å². The first-order valence-electron chi connectivity index (χ1n) is 16.5. The van der Waals surface area contributed by atoms with Crippen molar-refractivity contribution >= 4 is 59.5 Å². The van der Waals surface area contributed by atoms with Crippen molar-refractivity contribution in [3.8, 4) is 22.3 Å². The van der Waals surface area contributed by atoms with Crippen molar-refractivity contribution in [2.24, 2.45) is 0 Å². The molecule has 6 rings (SSSR count). The van der Waals surface area contributed by atoms with Crippen LogP contribution in [-0.4, -0.2) is 16.1 Å². The molecule has 0 fully saturated rings. The molecule has 3 N–H and O–H groups in total. The van der Waals surface area contributed by atoms with Crippen molar-refractivity contribution in [1.29, 1.82) is 0 Å². The number of benzene rings is 6. The summed E-state index contributed by atoms with van der Waals surface area (Å²) in [7, 11) is -2.45. The van der Waals surface area contributed by atoms with Crippen LogP contribution in [0.3, 0.4) is 0 Å². The van der Waals surface area contributed by atoms with Gasteiger partial charge in [-0.1, -0.05) is 151 Å². The van der Waals surface area contributed by atoms with Gasteiger partial charge in [0.05, 0.1) is 27.5 Å². The summed E-state index contributed by atoms with van der Waals surface area (Å²) in [6.45, 7) is 13.9. The number of rotatable bonds is 6. The van der Waals surface area contributed by atoms with Crippen LogP contribution in [0.5, 0.6) is 0 Å². The van der Waals surface area contributed by atoms with E-state index in [4.69, 9.17) is 5.73 Å². The Balaban J connectivity index is 0.000000190. The highest BCUT2D eigenvalue weighted by Gasteiger charge is 2.17. The molecule has 0 bridgehead atoms. The maximum absolute atomic E-state index is 14.4. The van der Waals surface area contributed by atoms with Crippen LogP contribution < -0.4 is 21.4 Å². The molecule has 6 aromatic carbocycles. The average molecular weight is 788 g/mol. The zero-order chi connectivity index (χ0) is 37.3. The molecule has 0 heterocycles. The second kappa shape index (κ2) is 17.2. The third-order valence-corrected chi connectivity index (χ3v) is 12.7. The van der Waals surface area contributed by atoms with Crippen LogP contribution in [0.2, 0.25) is 39.3 Å². The van der Waals surface area contributed by atoms with Gasteiger partial charge in [0.1, 0.15) is 23.3 Å². The number of nitrogens with two attached hydrogens (primary N) is 1. The molecular weight excluding hydrogens is 745 g/mol. The summed E-state index contributed by atoms with van der Waals surface area (Å²) in [5.74, 6) is -2.04. The summed E-state index contributed by atoms with van der Waals surface area (Å²) in [5, 5.41) is 5.81. The van der Waals surface area contributed by atoms with E-state index in [1.807, 2.05) is 24.3 Å². The van der Waals surface area contributed by atoms with E-state index in [9.17, 15) is 17.6 Å². The van der Waals surface area contributed by atoms with Gasteiger partial charge in [-0.05, 0) is 47.5 Å². The Kier molecular flexibility index (Phi) is 13.3. The van der Waals surface area contributed by atoms with Crippen LogP contribution in [0.15, 0.2) is 138 Å². The van der Waals surface area contributed by atoms with Crippen LogP contribution in [0.4, 0.5) is 34.6 Å². The molecule has 264 valence electrons. The number of nitrogens with one attached hydrogen (secondary N) is 1. The molecule has 0 radical (unpaired) electrons. The molecule has 0 unspecified atom stereocenters. The van der Waals surface area contributed by atoms with E-state index in [0.717, 1.165) is 17.8 Å². The number of halogens is 5. The van der Waals surface area contributed by atoms with Gasteiger partial charge in [0, 0.05) is 33.4 Å². The average Bonchev–Trinajstić information content (AvgIpc) is 3.09. The Bertz CT molecular complexity index is 2030. The molecule has 0 aliphatic heterocycles. The third kappa shape index (κ3) is 11.3. The van der Waals surface area contributed by atoms with Crippen molar-refractivity contribution in [1.82, 2.24) is 0 Å². The second-order valence-electron chi connectivity index (χ2n) is 14.1. The lowest BCUT2D eigenvalue weighted by molar-refractivity contribution is 0.607. The summed E-state index contributed by atoms with van der Waals surface area (Å²) in [6, 6.07) is 38.9. The molecule has 9 heteroatoms. The zero-order valence-electron chi connectivity index (χ0n) is 29.7. The summed E-state index contributed by atoms with van der Waals surface area (Å²) < 4.78 is 56.7. The predicted molar refractivity (Wildman–Crippen MR) is 218 cm³/mol. The Morgan fingerprint density at radius 3 is 1.35 bits per heavy atom. The minimum atomic E-state index is -1.37. The summed E-state index contributed by atoms with van der Waals surface area (Å²) in [6.07, 6.45) is 0. The first-order chi connectivity index (χ1) is 24.0. The Morgan fingerprint density at radius 2 is 0.902 bits per heavy atom. The van der Waals surface area contributed by atoms with Crippen LogP contribution in [0, 0.1) is 23.3 Å². The van der Waals surface area contributed by atoms with Crippen molar-refractivity contribution in [3.63, 3.8) is 0 Å². The highest BCUT2D eigenvalue weighted by molar-refractivity contribution is 9.10. The molecular formula is C42H43BrF4N2Si2. The first-order valence-corrected chi connectivity index (χ1v) is 24.3. The molecule has 0 atom stereocenters. The van der Waals surface area contributed by atoms with Gasteiger partial charge in [-0.15, -0.1) is 0 Å². The van der Waals surface area contributed by atoms with E-state index in [1.165, 1.54) is 27.0 Å². The molecule has 0 saturated carbocycles. The standard InChI is InChI=1S/C21H21F2NSi.C12H9F2N.C9H13BrSi/c1-25(2,3)17-11-9-16(10-12-17)24-21-14-19(22)18(13-20(21)23)15-7-5-4-6-8-15;13-10-7-12(15)11(14)6-9(10)8-4-2-1-3-5-8;1-11(2,3)9-6-4-8(10)5-7-9/h4-14,24H,1-3H3;1-7H,15H2;4-7H,1-3H3. The monoisotopic (exact) mass is 786 g/mol. The summed E-state index contributed by atoms with van der Waals surface area (Å²) in [5.41, 5.74) is 7.74. The molecule has 51 heavy (non-hydrogen) atoms. The Hall–Kier alpha value is -4.45. The number of anilines is 3. The maximum Gasteiger partial charge on any atom is 0.147 e. The van der Waals surface area contributed by atoms with Crippen LogP contribution in [0.1, 0.15) is 0 Å². The van der Waals surface area contributed by atoms with Crippen molar-refractivity contribution in [3.05, 3.63) is 161 Å². The molecule has 0 amide bonds. The van der Waals surface area contributed by atoms with Gasteiger partial charge in [0.25, 0.3) is 0 Å². The van der Waals surface area contributed by atoms with Crippen LogP contribution in [-0.2, 0) is 0 Å². The van der Waals surface area contributed by atoms with Crippen LogP contribution >= 0.6 is 15.9 Å². The third-order valence-electron chi connectivity index (χ3n) is 8.05. The van der Waals surface area contributed by atoms with Gasteiger partial charge in [0.15, 0.2) is 0 Å². The minimum absolute atomic E-state index is 0.137. The van der Waals surface area contributed by atoms with Crippen LogP contribution in [0.25, 0.3) is 22.3 Å². The minimum Gasteiger partial charge on any atom is -0.396 e. The van der Waals surface area contributed by atoms with E-state index < -0.39 is 39.4 Å². The van der Waals surface area contributed by atoms with E-state index in [2.05, 4.69) is 96.9 Å². The van der Waals surface area contributed by atoms with Gasteiger partial charge in [0.2, 0.25) is 0 Å². The molecule has 0 saturated heterocycles. The van der Waals surface area contributed by atoms with Gasteiger partial charge in [-0.2, -0.15) is 0 Å². The van der Waals surface area contributed by atoms with E-state index in [-0.39, 0.29) is 22.5 Å². The van der Waals surface area contributed by atoms with Gasteiger partial charge in [-0.25, -0.2) is 17.6 Å². The van der Waals surface area contributed by atoms with Gasteiger partial charge in [-0.3, -0.25) is 0 Å². The van der Waals surface area contributed by atoms with Gasteiger partial charge >= 0.3 is 0 Å². The molecule has 0 spiro atoms. The van der Waals surface area contributed by atoms with Gasteiger partial charge < -0.3 is 11.1 Å². The Morgan fingerprint density at radius 1 is 0.490 bits per heavy atom. The summed E-state index contributed by atoms with van der Waals surface area (Å²) >= 11 is 3.43. The lowest BCUT2D eigenvalue weighted by Crippen LogP contribution is -2.37. The SMILES string of the molecule is C[Si](C)(C)c1ccc(Br)cc1.C[Si](C)(C)c1ccc(Nc2cc(F)c(-c3ccccc3)cc2F)cc1.Nc1cc(F)c(-c2ccccc2)cc1F. The van der Waals surface area contributed by atoms with Crippen molar-refractivity contribution < 1.29 is 17.6 Å². The van der Waals surface area contributed by atoms with E-state index in [1.54, 1.807) is 48.5 Å². The quantitative estimate of drug-likeness (QED) is 0.100. The maximum atomic E-state index is 14.4. The van der Waals surface area contributed by atoms with E-state index >= 15 is 0 Å². The fourth-order valence-corrected chi connectivity index (χ4v) is 7.64. The predicted octanol–water partition coefficient (Wildman–Crippen LogP) is 12.1. The number of hydrogen-bond acceptors (Lipinski definition) is 2. The van der Waals surface area contributed by atoms with Crippen molar-refractivity contribution in [2.75, 3.05) is 11.1 Å². The number of nitrogen functional groups attached to an aromatic ring is 1. The first kappa shape index (κ1) is 39.3. The largest absolute Gasteiger partial charge is 0.396 e.